The number of nitrogens with one attached hydrogen (secondary N) is 1. The summed E-state index contributed by atoms with van der Waals surface area (Å²) in [6, 6.07) is 0. The van der Waals surface area contributed by atoms with Gasteiger partial charge in [-0.3, -0.25) is 5.32 Å². The molecule has 0 aromatic carbocycles. The second-order valence-corrected chi connectivity index (χ2v) is 6.80. The van der Waals surface area contributed by atoms with Crippen molar-refractivity contribution < 1.29 is 36.5 Å². The number of rotatable bonds is 3. The normalized spacial score (nSPS) is 37.5. The van der Waals surface area contributed by atoms with E-state index in [1.54, 1.807) is 6.92 Å². The topological polar surface area (TPSA) is 108 Å². The van der Waals surface area contributed by atoms with Crippen molar-refractivity contribution in [3.8, 4) is 0 Å². The summed E-state index contributed by atoms with van der Waals surface area (Å²) in [6.45, 7) is 2.54. The Morgan fingerprint density at radius 1 is 1.24 bits per heavy atom. The third-order valence-electron chi connectivity index (χ3n) is 2.34. The van der Waals surface area contributed by atoms with Gasteiger partial charge in [0.25, 0.3) is 0 Å². The van der Waals surface area contributed by atoms with Crippen molar-refractivity contribution in [3.05, 3.63) is 0 Å². The van der Waals surface area contributed by atoms with Crippen molar-refractivity contribution in [1.82, 2.24) is 5.32 Å². The Hall–Kier alpha value is 1.03. The SMILES string of the molecule is C[C@H]1O[C@H](NCCN)[C@H](O)[C@@H](O)[C@@H]1O.[Cl][Pt][Cl]. The molecule has 9 heteroatoms. The molecular formula is C8H18Cl2N2O4Pt. The minimum atomic E-state index is -1.19. The maximum atomic E-state index is 9.51. The Morgan fingerprint density at radius 3 is 2.24 bits per heavy atom. The van der Waals surface area contributed by atoms with Crippen LogP contribution < -0.4 is 11.1 Å². The summed E-state index contributed by atoms with van der Waals surface area (Å²) in [5, 5.41) is 31.2. The second kappa shape index (κ2) is 9.89. The van der Waals surface area contributed by atoms with Gasteiger partial charge in [-0.25, -0.2) is 0 Å². The van der Waals surface area contributed by atoms with Crippen molar-refractivity contribution in [2.45, 2.75) is 37.6 Å². The summed E-state index contributed by atoms with van der Waals surface area (Å²) in [5.74, 6) is 0. The maximum absolute atomic E-state index is 9.51. The van der Waals surface area contributed by atoms with Gasteiger partial charge in [0.1, 0.15) is 24.5 Å². The van der Waals surface area contributed by atoms with Gasteiger partial charge in [0.15, 0.2) is 0 Å². The van der Waals surface area contributed by atoms with Crippen LogP contribution in [0.25, 0.3) is 0 Å². The Morgan fingerprint density at radius 2 is 1.76 bits per heavy atom. The number of ether oxygens (including phenoxy) is 1. The van der Waals surface area contributed by atoms with Gasteiger partial charge in [0.2, 0.25) is 0 Å². The molecule has 0 bridgehead atoms. The van der Waals surface area contributed by atoms with Gasteiger partial charge in [-0.15, -0.1) is 0 Å². The summed E-state index contributed by atoms with van der Waals surface area (Å²) < 4.78 is 5.26. The van der Waals surface area contributed by atoms with Gasteiger partial charge in [-0.2, -0.15) is 0 Å². The molecule has 0 radical (unpaired) electrons. The molecule has 1 heterocycles. The van der Waals surface area contributed by atoms with Crippen LogP contribution in [0.1, 0.15) is 6.92 Å². The summed E-state index contributed by atoms with van der Waals surface area (Å²) in [6.07, 6.45) is -4.56. The van der Waals surface area contributed by atoms with Gasteiger partial charge in [-0.05, 0) is 6.92 Å². The van der Waals surface area contributed by atoms with E-state index in [0.717, 1.165) is 0 Å². The van der Waals surface area contributed by atoms with Crippen LogP contribution in [-0.2, 0) is 21.2 Å². The van der Waals surface area contributed by atoms with Crippen LogP contribution in [0, 0.1) is 0 Å². The molecule has 1 rings (SSSR count). The molecule has 1 aliphatic heterocycles. The molecule has 1 fully saturated rings. The summed E-state index contributed by atoms with van der Waals surface area (Å²) in [5.41, 5.74) is 5.28. The fourth-order valence-electron chi connectivity index (χ4n) is 1.45. The van der Waals surface area contributed by atoms with Crippen molar-refractivity contribution in [2.75, 3.05) is 13.1 Å². The minimum absolute atomic E-state index is 0.416. The quantitative estimate of drug-likeness (QED) is 0.351. The third kappa shape index (κ3) is 6.14. The van der Waals surface area contributed by atoms with E-state index in [1.807, 2.05) is 0 Å². The van der Waals surface area contributed by atoms with E-state index >= 15 is 0 Å². The average Bonchev–Trinajstić information content (AvgIpc) is 2.30. The van der Waals surface area contributed by atoms with E-state index < -0.39 is 47.1 Å². The second-order valence-electron chi connectivity index (χ2n) is 3.52. The monoisotopic (exact) mass is 471 g/mol. The third-order valence-corrected chi connectivity index (χ3v) is 2.34. The van der Waals surface area contributed by atoms with Crippen LogP contribution in [0.4, 0.5) is 0 Å². The Balaban J connectivity index is 0.000000770. The van der Waals surface area contributed by atoms with E-state index in [2.05, 4.69) is 5.32 Å². The molecule has 6 nitrogen and oxygen atoms in total. The first-order chi connectivity index (χ1) is 7.99. The molecule has 1 aliphatic rings. The van der Waals surface area contributed by atoms with Crippen molar-refractivity contribution in [3.63, 3.8) is 0 Å². The van der Waals surface area contributed by atoms with Crippen molar-refractivity contribution in [1.29, 1.82) is 0 Å². The molecule has 6 N–H and O–H groups in total. The molecule has 0 aliphatic carbocycles. The van der Waals surface area contributed by atoms with Crippen LogP contribution in [0.5, 0.6) is 0 Å². The molecule has 108 valence electrons. The van der Waals surface area contributed by atoms with E-state index in [-0.39, 0.29) is 0 Å². The van der Waals surface area contributed by atoms with Gasteiger partial charge in [0.05, 0.1) is 6.10 Å². The van der Waals surface area contributed by atoms with Crippen LogP contribution in [0.2, 0.25) is 0 Å². The van der Waals surface area contributed by atoms with Gasteiger partial charge >= 0.3 is 35.3 Å². The first-order valence-electron chi connectivity index (χ1n) is 4.95. The zero-order valence-corrected chi connectivity index (χ0v) is 13.0. The summed E-state index contributed by atoms with van der Waals surface area (Å²) in [7, 11) is 9.75. The first kappa shape index (κ1) is 18.0. The van der Waals surface area contributed by atoms with Crippen LogP contribution >= 0.6 is 18.8 Å². The Kier molecular flexibility index (Phi) is 10.5. The van der Waals surface area contributed by atoms with Crippen molar-refractivity contribution in [2.24, 2.45) is 5.73 Å². The molecule has 0 saturated carbocycles. The Labute approximate surface area is 117 Å². The van der Waals surface area contributed by atoms with Gasteiger partial charge < -0.3 is 25.8 Å². The molecule has 0 spiro atoms. The molecular weight excluding hydrogens is 454 g/mol. The standard InChI is InChI=1S/C8H18N2O4.2ClH.Pt/c1-4-5(11)6(12)7(13)8(14-4)10-3-2-9;;;/h4-8,10-13H,2-3,9H2,1H3;2*1H;/q;;;+2/p-2/t4-,5-,6+,7-,8+;;;/m1.../s1. The number of halogens is 2. The van der Waals surface area contributed by atoms with Gasteiger partial charge in [-0.1, -0.05) is 0 Å². The van der Waals surface area contributed by atoms with E-state index in [4.69, 9.17) is 29.3 Å². The van der Waals surface area contributed by atoms with Crippen molar-refractivity contribution >= 4 is 18.8 Å². The molecule has 17 heavy (non-hydrogen) atoms. The molecule has 5 atom stereocenters. The zero-order valence-electron chi connectivity index (χ0n) is 9.20. The number of nitrogens with two attached hydrogens (primary N) is 1. The fourth-order valence-corrected chi connectivity index (χ4v) is 1.45. The predicted molar refractivity (Wildman–Crippen MR) is 61.1 cm³/mol. The predicted octanol–water partition coefficient (Wildman–Crippen LogP) is -1.26. The first-order valence-corrected chi connectivity index (χ1v) is 10.6. The molecule has 0 unspecified atom stereocenters. The zero-order chi connectivity index (χ0) is 13.4. The number of hydrogen-bond donors (Lipinski definition) is 5. The average molecular weight is 472 g/mol. The number of aliphatic hydroxyl groups excluding tert-OH is 3. The molecule has 0 amide bonds. The van der Waals surface area contributed by atoms with Gasteiger partial charge in [0, 0.05) is 13.1 Å². The number of hydrogen-bond acceptors (Lipinski definition) is 6. The summed E-state index contributed by atoms with van der Waals surface area (Å²) in [4.78, 5) is 0. The molecule has 1 saturated heterocycles. The van der Waals surface area contributed by atoms with Crippen LogP contribution in [0.15, 0.2) is 0 Å². The van der Waals surface area contributed by atoms with Crippen LogP contribution in [0.3, 0.4) is 0 Å². The summed E-state index contributed by atoms with van der Waals surface area (Å²) >= 11 is -0.472. The molecule has 0 aromatic heterocycles. The fraction of sp³-hybridized carbons (Fsp3) is 1.00. The van der Waals surface area contributed by atoms with E-state index in [1.165, 1.54) is 0 Å². The number of aliphatic hydroxyl groups is 3. The molecule has 0 aromatic rings. The van der Waals surface area contributed by atoms with Crippen LogP contribution in [-0.4, -0.2) is 59.1 Å². The van der Waals surface area contributed by atoms with E-state index in [0.29, 0.717) is 13.1 Å². The van der Waals surface area contributed by atoms with E-state index in [9.17, 15) is 15.3 Å². The Bertz CT molecular complexity index is 206.